The number of anilines is 1. The number of nitrogens with two attached hydrogens (primary N) is 1. The van der Waals surface area contributed by atoms with Crippen molar-refractivity contribution in [3.05, 3.63) is 11.4 Å². The van der Waals surface area contributed by atoms with Gasteiger partial charge >= 0.3 is 0 Å². The standard InChI is InChI=1S/C13H25N5O/c1-5-18(6-2)8-7-15-13(19)12-10(14)11(9(3)4)16-17-12/h9H,5-8,14H2,1-4H3,(H,15,19)(H,16,17). The molecule has 0 saturated carbocycles. The quantitative estimate of drug-likeness (QED) is 0.692. The van der Waals surface area contributed by atoms with E-state index in [0.29, 0.717) is 17.9 Å². The Labute approximate surface area is 114 Å². The van der Waals surface area contributed by atoms with Crippen LogP contribution in [0.3, 0.4) is 0 Å². The van der Waals surface area contributed by atoms with Crippen molar-refractivity contribution < 1.29 is 4.79 Å². The lowest BCUT2D eigenvalue weighted by Crippen LogP contribution is -2.35. The zero-order chi connectivity index (χ0) is 14.4. The van der Waals surface area contributed by atoms with Crippen LogP contribution in [0.25, 0.3) is 0 Å². The van der Waals surface area contributed by atoms with Crippen LogP contribution in [-0.2, 0) is 0 Å². The van der Waals surface area contributed by atoms with Gasteiger partial charge in [0, 0.05) is 13.1 Å². The average Bonchev–Trinajstić information content (AvgIpc) is 2.76. The Morgan fingerprint density at radius 3 is 2.53 bits per heavy atom. The number of rotatable bonds is 7. The van der Waals surface area contributed by atoms with Crippen molar-refractivity contribution in [1.82, 2.24) is 20.4 Å². The summed E-state index contributed by atoms with van der Waals surface area (Å²) in [6.07, 6.45) is 0. The Bertz CT molecular complexity index is 409. The van der Waals surface area contributed by atoms with Gasteiger partial charge in [0.25, 0.3) is 5.91 Å². The number of carbonyl (C=O) groups is 1. The van der Waals surface area contributed by atoms with Crippen LogP contribution in [0.4, 0.5) is 5.69 Å². The van der Waals surface area contributed by atoms with E-state index in [2.05, 4.69) is 34.3 Å². The Hall–Kier alpha value is -1.56. The summed E-state index contributed by atoms with van der Waals surface area (Å²) in [7, 11) is 0. The van der Waals surface area contributed by atoms with Gasteiger partial charge in [0.05, 0.1) is 11.4 Å². The number of carbonyl (C=O) groups excluding carboxylic acids is 1. The van der Waals surface area contributed by atoms with E-state index in [1.807, 2.05) is 13.8 Å². The first-order valence-corrected chi connectivity index (χ1v) is 6.85. The van der Waals surface area contributed by atoms with Gasteiger partial charge in [-0.05, 0) is 19.0 Å². The van der Waals surface area contributed by atoms with Crippen LogP contribution >= 0.6 is 0 Å². The second-order valence-electron chi connectivity index (χ2n) is 4.84. The van der Waals surface area contributed by atoms with Gasteiger partial charge in [-0.25, -0.2) is 0 Å². The second-order valence-corrected chi connectivity index (χ2v) is 4.84. The van der Waals surface area contributed by atoms with E-state index in [1.54, 1.807) is 0 Å². The molecule has 0 aliphatic carbocycles. The zero-order valence-electron chi connectivity index (χ0n) is 12.3. The van der Waals surface area contributed by atoms with Crippen molar-refractivity contribution >= 4 is 11.6 Å². The van der Waals surface area contributed by atoms with Crippen molar-refractivity contribution in [1.29, 1.82) is 0 Å². The third-order valence-corrected chi connectivity index (χ3v) is 3.23. The van der Waals surface area contributed by atoms with Crippen LogP contribution < -0.4 is 11.1 Å². The van der Waals surface area contributed by atoms with Crippen molar-refractivity contribution in [2.75, 3.05) is 31.9 Å². The average molecular weight is 267 g/mol. The normalized spacial score (nSPS) is 11.3. The topological polar surface area (TPSA) is 87.0 Å². The Balaban J connectivity index is 2.55. The maximum absolute atomic E-state index is 12.0. The number of amides is 1. The Kier molecular flexibility index (Phi) is 5.82. The van der Waals surface area contributed by atoms with Gasteiger partial charge in [-0.2, -0.15) is 5.10 Å². The highest BCUT2D eigenvalue weighted by Gasteiger charge is 2.18. The smallest absolute Gasteiger partial charge is 0.273 e. The minimum Gasteiger partial charge on any atom is -0.395 e. The van der Waals surface area contributed by atoms with Crippen LogP contribution in [0.1, 0.15) is 49.8 Å². The molecule has 0 aromatic carbocycles. The molecule has 1 aromatic heterocycles. The van der Waals surface area contributed by atoms with Crippen LogP contribution in [0.5, 0.6) is 0 Å². The summed E-state index contributed by atoms with van der Waals surface area (Å²) in [4.78, 5) is 14.2. The van der Waals surface area contributed by atoms with Gasteiger partial charge in [0.2, 0.25) is 0 Å². The second kappa shape index (κ2) is 7.13. The van der Waals surface area contributed by atoms with Crippen LogP contribution in [0.2, 0.25) is 0 Å². The van der Waals surface area contributed by atoms with Crippen LogP contribution in [-0.4, -0.2) is 47.2 Å². The highest BCUT2D eigenvalue weighted by molar-refractivity contribution is 5.97. The number of H-pyrrole nitrogens is 1. The molecule has 4 N–H and O–H groups in total. The summed E-state index contributed by atoms with van der Waals surface area (Å²) in [6, 6.07) is 0. The monoisotopic (exact) mass is 267 g/mol. The third kappa shape index (κ3) is 3.96. The molecule has 0 aliphatic heterocycles. The van der Waals surface area contributed by atoms with Crippen LogP contribution in [0.15, 0.2) is 0 Å². The first kappa shape index (κ1) is 15.5. The molecule has 0 bridgehead atoms. The van der Waals surface area contributed by atoms with E-state index < -0.39 is 0 Å². The zero-order valence-corrected chi connectivity index (χ0v) is 12.3. The third-order valence-electron chi connectivity index (χ3n) is 3.23. The summed E-state index contributed by atoms with van der Waals surface area (Å²) in [6.45, 7) is 11.6. The number of nitrogens with one attached hydrogen (secondary N) is 2. The molecular formula is C13H25N5O. The molecule has 1 amide bonds. The summed E-state index contributed by atoms with van der Waals surface area (Å²) in [5.41, 5.74) is 7.49. The SMILES string of the molecule is CCN(CC)CCNC(=O)c1n[nH]c(C(C)C)c1N. The lowest BCUT2D eigenvalue weighted by molar-refractivity contribution is 0.0945. The largest absolute Gasteiger partial charge is 0.395 e. The molecule has 0 aliphatic rings. The fraction of sp³-hybridized carbons (Fsp3) is 0.692. The van der Waals surface area contributed by atoms with Gasteiger partial charge in [-0.1, -0.05) is 27.7 Å². The van der Waals surface area contributed by atoms with Crippen LogP contribution in [0, 0.1) is 0 Å². The number of nitrogens with zero attached hydrogens (tertiary/aromatic N) is 2. The molecule has 108 valence electrons. The summed E-state index contributed by atoms with van der Waals surface area (Å²) < 4.78 is 0. The molecule has 6 nitrogen and oxygen atoms in total. The van der Waals surface area contributed by atoms with Gasteiger partial charge in [0.15, 0.2) is 5.69 Å². The molecule has 0 saturated heterocycles. The molecule has 1 aromatic rings. The fourth-order valence-corrected chi connectivity index (χ4v) is 1.93. The molecule has 0 unspecified atom stereocenters. The number of aromatic amines is 1. The van der Waals surface area contributed by atoms with Crippen molar-refractivity contribution in [2.24, 2.45) is 0 Å². The predicted octanol–water partition coefficient (Wildman–Crippen LogP) is 1.19. The predicted molar refractivity (Wildman–Crippen MR) is 77.2 cm³/mol. The number of aromatic nitrogens is 2. The minimum atomic E-state index is -0.215. The first-order chi connectivity index (χ1) is 9.01. The number of hydrogen-bond donors (Lipinski definition) is 3. The highest BCUT2D eigenvalue weighted by atomic mass is 16.1. The molecule has 0 fully saturated rings. The number of likely N-dealkylation sites (N-methyl/N-ethyl adjacent to an activating group) is 1. The molecule has 0 radical (unpaired) electrons. The molecule has 0 spiro atoms. The van der Waals surface area contributed by atoms with E-state index in [4.69, 9.17) is 5.73 Å². The van der Waals surface area contributed by atoms with Crippen molar-refractivity contribution in [3.63, 3.8) is 0 Å². The lowest BCUT2D eigenvalue weighted by Gasteiger charge is -2.17. The molecule has 1 heterocycles. The van der Waals surface area contributed by atoms with Gasteiger partial charge in [-0.3, -0.25) is 9.89 Å². The number of hydrogen-bond acceptors (Lipinski definition) is 4. The van der Waals surface area contributed by atoms with Gasteiger partial charge in [0.1, 0.15) is 0 Å². The minimum absolute atomic E-state index is 0.215. The first-order valence-electron chi connectivity index (χ1n) is 6.85. The number of nitrogen functional groups attached to an aromatic ring is 1. The van der Waals surface area contributed by atoms with Gasteiger partial charge in [-0.15, -0.1) is 0 Å². The lowest BCUT2D eigenvalue weighted by atomic mass is 10.1. The summed E-state index contributed by atoms with van der Waals surface area (Å²) in [5, 5.41) is 9.68. The molecular weight excluding hydrogens is 242 g/mol. The van der Waals surface area contributed by atoms with E-state index >= 15 is 0 Å². The maximum atomic E-state index is 12.0. The summed E-state index contributed by atoms with van der Waals surface area (Å²) >= 11 is 0. The molecule has 1 rings (SSSR count). The Morgan fingerprint density at radius 2 is 2.05 bits per heavy atom. The molecule has 0 atom stereocenters. The van der Waals surface area contributed by atoms with E-state index in [0.717, 1.165) is 25.3 Å². The Morgan fingerprint density at radius 1 is 1.42 bits per heavy atom. The van der Waals surface area contributed by atoms with E-state index in [-0.39, 0.29) is 11.8 Å². The van der Waals surface area contributed by atoms with Crippen molar-refractivity contribution in [3.8, 4) is 0 Å². The fourth-order valence-electron chi connectivity index (χ4n) is 1.93. The molecule has 19 heavy (non-hydrogen) atoms. The maximum Gasteiger partial charge on any atom is 0.273 e. The van der Waals surface area contributed by atoms with E-state index in [1.165, 1.54) is 0 Å². The van der Waals surface area contributed by atoms with Gasteiger partial charge < -0.3 is 16.0 Å². The summed E-state index contributed by atoms with van der Waals surface area (Å²) in [5.74, 6) is 0.0116. The molecule has 6 heteroatoms. The van der Waals surface area contributed by atoms with Crippen molar-refractivity contribution in [2.45, 2.75) is 33.6 Å². The highest BCUT2D eigenvalue weighted by Crippen LogP contribution is 2.21. The van der Waals surface area contributed by atoms with E-state index in [9.17, 15) is 4.79 Å².